The van der Waals surface area contributed by atoms with Crippen LogP contribution in [0.2, 0.25) is 0 Å². The lowest BCUT2D eigenvalue weighted by Crippen LogP contribution is -2.48. The van der Waals surface area contributed by atoms with Crippen LogP contribution in [0.15, 0.2) is 24.3 Å². The highest BCUT2D eigenvalue weighted by Crippen LogP contribution is 2.12. The van der Waals surface area contributed by atoms with E-state index in [4.69, 9.17) is 0 Å². The summed E-state index contributed by atoms with van der Waals surface area (Å²) >= 11 is 0. The predicted molar refractivity (Wildman–Crippen MR) is 90.9 cm³/mol. The lowest BCUT2D eigenvalue weighted by molar-refractivity contribution is 0.178. The Morgan fingerprint density at radius 3 is 2.74 bits per heavy atom. The number of hydrogen-bond acceptors (Lipinski definition) is 2. The third-order valence-electron chi connectivity index (χ3n) is 4.13. The highest BCUT2D eigenvalue weighted by atomic mass is 19.1. The van der Waals surface area contributed by atoms with Crippen LogP contribution in [0.1, 0.15) is 32.3 Å². The van der Waals surface area contributed by atoms with Gasteiger partial charge in [-0.05, 0) is 42.9 Å². The molecule has 1 aliphatic rings. The number of urea groups is 1. The van der Waals surface area contributed by atoms with E-state index in [9.17, 15) is 9.18 Å². The molecule has 128 valence electrons. The maximum Gasteiger partial charge on any atom is 0.315 e. The second kappa shape index (κ2) is 8.87. The molecule has 0 saturated carbocycles. The monoisotopic (exact) mass is 321 g/mol. The highest BCUT2D eigenvalue weighted by molar-refractivity contribution is 5.74. The van der Waals surface area contributed by atoms with Gasteiger partial charge in [-0.1, -0.05) is 26.0 Å². The van der Waals surface area contributed by atoms with Crippen molar-refractivity contribution in [2.24, 2.45) is 5.92 Å². The van der Waals surface area contributed by atoms with Crippen molar-refractivity contribution >= 4 is 6.03 Å². The number of amides is 2. The molecule has 0 aliphatic carbocycles. The quantitative estimate of drug-likeness (QED) is 0.846. The van der Waals surface area contributed by atoms with E-state index in [1.165, 1.54) is 12.1 Å². The van der Waals surface area contributed by atoms with Gasteiger partial charge in [0.25, 0.3) is 0 Å². The minimum atomic E-state index is -0.236. The van der Waals surface area contributed by atoms with Crippen LogP contribution < -0.4 is 10.6 Å². The van der Waals surface area contributed by atoms with Gasteiger partial charge in [-0.15, -0.1) is 0 Å². The number of benzene rings is 1. The van der Waals surface area contributed by atoms with Gasteiger partial charge in [0.15, 0.2) is 0 Å². The van der Waals surface area contributed by atoms with Gasteiger partial charge < -0.3 is 15.5 Å². The van der Waals surface area contributed by atoms with E-state index in [0.717, 1.165) is 38.0 Å². The van der Waals surface area contributed by atoms with Crippen LogP contribution in [-0.2, 0) is 6.42 Å². The Kier molecular flexibility index (Phi) is 6.84. The molecule has 5 heteroatoms. The zero-order valence-corrected chi connectivity index (χ0v) is 14.1. The first-order valence-electron chi connectivity index (χ1n) is 8.54. The van der Waals surface area contributed by atoms with Gasteiger partial charge in [-0.3, -0.25) is 0 Å². The maximum absolute atomic E-state index is 13.1. The van der Waals surface area contributed by atoms with E-state index in [1.807, 2.05) is 6.07 Å². The molecular weight excluding hydrogens is 293 g/mol. The van der Waals surface area contributed by atoms with E-state index in [2.05, 4.69) is 29.4 Å². The number of hydrogen-bond donors (Lipinski definition) is 2. The standard InChI is InChI=1S/C18H28FN3O/c1-14(2)13-22-10-7-17(8-11-22)21-18(23)20-9-6-15-4-3-5-16(19)12-15/h3-5,12,14,17H,6-11,13H2,1-2H3,(H2,20,21,23). The fraction of sp³-hybridized carbons (Fsp3) is 0.611. The Bertz CT molecular complexity index is 499. The van der Waals surface area contributed by atoms with Gasteiger partial charge in [0, 0.05) is 32.2 Å². The molecule has 0 spiro atoms. The fourth-order valence-corrected chi connectivity index (χ4v) is 3.03. The number of nitrogens with zero attached hydrogens (tertiary/aromatic N) is 1. The van der Waals surface area contributed by atoms with Crippen molar-refractivity contribution in [2.45, 2.75) is 39.2 Å². The average Bonchev–Trinajstić information content (AvgIpc) is 2.49. The first-order valence-corrected chi connectivity index (χ1v) is 8.54. The number of piperidine rings is 1. The molecule has 0 aromatic heterocycles. The van der Waals surface area contributed by atoms with Crippen molar-refractivity contribution in [1.29, 1.82) is 0 Å². The van der Waals surface area contributed by atoms with Crippen LogP contribution in [0.5, 0.6) is 0 Å². The zero-order chi connectivity index (χ0) is 16.7. The van der Waals surface area contributed by atoms with E-state index in [0.29, 0.717) is 18.9 Å². The minimum absolute atomic E-state index is 0.122. The van der Waals surface area contributed by atoms with Crippen molar-refractivity contribution in [3.63, 3.8) is 0 Å². The van der Waals surface area contributed by atoms with Crippen LogP contribution in [0.4, 0.5) is 9.18 Å². The molecule has 2 N–H and O–H groups in total. The molecule has 1 fully saturated rings. The first-order chi connectivity index (χ1) is 11.0. The van der Waals surface area contributed by atoms with E-state index in [1.54, 1.807) is 6.07 Å². The number of carbonyl (C=O) groups excluding carboxylic acids is 1. The summed E-state index contributed by atoms with van der Waals surface area (Å²) in [5, 5.41) is 5.89. The SMILES string of the molecule is CC(C)CN1CCC(NC(=O)NCCc2cccc(F)c2)CC1. The molecule has 2 amide bonds. The molecule has 1 aliphatic heterocycles. The van der Waals surface area contributed by atoms with Crippen LogP contribution in [0.3, 0.4) is 0 Å². The predicted octanol–water partition coefficient (Wildman–Crippen LogP) is 2.79. The van der Waals surface area contributed by atoms with Crippen LogP contribution >= 0.6 is 0 Å². The molecule has 0 bridgehead atoms. The Hall–Kier alpha value is -1.62. The van der Waals surface area contributed by atoms with E-state index in [-0.39, 0.29) is 17.9 Å². The molecule has 1 aromatic carbocycles. The van der Waals surface area contributed by atoms with Crippen LogP contribution in [0.25, 0.3) is 0 Å². The van der Waals surface area contributed by atoms with Gasteiger partial charge in [0.05, 0.1) is 0 Å². The summed E-state index contributed by atoms with van der Waals surface area (Å²) in [7, 11) is 0. The number of nitrogens with one attached hydrogen (secondary N) is 2. The first kappa shape index (κ1) is 17.7. The smallest absolute Gasteiger partial charge is 0.315 e. The number of halogens is 1. The number of likely N-dealkylation sites (tertiary alicyclic amines) is 1. The lowest BCUT2D eigenvalue weighted by atomic mass is 10.0. The summed E-state index contributed by atoms with van der Waals surface area (Å²) in [6, 6.07) is 6.62. The summed E-state index contributed by atoms with van der Waals surface area (Å²) in [5.41, 5.74) is 0.896. The normalized spacial score (nSPS) is 16.5. The molecule has 1 aromatic rings. The molecule has 4 nitrogen and oxygen atoms in total. The molecule has 1 saturated heterocycles. The number of rotatable bonds is 6. The minimum Gasteiger partial charge on any atom is -0.338 e. The summed E-state index contributed by atoms with van der Waals surface area (Å²) in [4.78, 5) is 14.4. The van der Waals surface area contributed by atoms with Crippen LogP contribution in [0, 0.1) is 11.7 Å². The third-order valence-corrected chi connectivity index (χ3v) is 4.13. The van der Waals surface area contributed by atoms with Crippen molar-refractivity contribution < 1.29 is 9.18 Å². The molecule has 0 atom stereocenters. The fourth-order valence-electron chi connectivity index (χ4n) is 3.03. The maximum atomic E-state index is 13.1. The van der Waals surface area contributed by atoms with Gasteiger partial charge in [0.1, 0.15) is 5.82 Å². The summed E-state index contributed by atoms with van der Waals surface area (Å²) in [6.07, 6.45) is 2.64. The lowest BCUT2D eigenvalue weighted by Gasteiger charge is -2.33. The van der Waals surface area contributed by atoms with Crippen molar-refractivity contribution in [3.8, 4) is 0 Å². The Balaban J connectivity index is 1.62. The topological polar surface area (TPSA) is 44.4 Å². The van der Waals surface area contributed by atoms with Crippen molar-refractivity contribution in [2.75, 3.05) is 26.2 Å². The molecule has 0 unspecified atom stereocenters. The molecule has 2 rings (SSSR count). The zero-order valence-electron chi connectivity index (χ0n) is 14.1. The molecule has 23 heavy (non-hydrogen) atoms. The largest absolute Gasteiger partial charge is 0.338 e. The Morgan fingerprint density at radius 1 is 1.35 bits per heavy atom. The molecular formula is C18H28FN3O. The van der Waals surface area contributed by atoms with Crippen molar-refractivity contribution in [3.05, 3.63) is 35.6 Å². The highest BCUT2D eigenvalue weighted by Gasteiger charge is 2.20. The second-order valence-corrected chi connectivity index (χ2v) is 6.75. The summed E-state index contributed by atoms with van der Waals surface area (Å²) in [5.74, 6) is 0.450. The number of carbonyl (C=O) groups is 1. The second-order valence-electron chi connectivity index (χ2n) is 6.75. The molecule has 0 radical (unpaired) electrons. The van der Waals surface area contributed by atoms with Gasteiger partial charge >= 0.3 is 6.03 Å². The van der Waals surface area contributed by atoms with E-state index >= 15 is 0 Å². The van der Waals surface area contributed by atoms with Gasteiger partial charge in [-0.25, -0.2) is 9.18 Å². The summed E-state index contributed by atoms with van der Waals surface area (Å²) < 4.78 is 13.1. The van der Waals surface area contributed by atoms with Gasteiger partial charge in [-0.2, -0.15) is 0 Å². The van der Waals surface area contributed by atoms with Crippen molar-refractivity contribution in [1.82, 2.24) is 15.5 Å². The Labute approximate surface area is 138 Å². The Morgan fingerprint density at radius 2 is 2.09 bits per heavy atom. The average molecular weight is 321 g/mol. The third kappa shape index (κ3) is 6.57. The van der Waals surface area contributed by atoms with E-state index < -0.39 is 0 Å². The van der Waals surface area contributed by atoms with Gasteiger partial charge in [0.2, 0.25) is 0 Å². The molecule has 1 heterocycles. The summed E-state index contributed by atoms with van der Waals surface area (Å²) in [6.45, 7) is 8.21. The van der Waals surface area contributed by atoms with Crippen LogP contribution in [-0.4, -0.2) is 43.2 Å².